The molecule has 0 radical (unpaired) electrons. The maximum absolute atomic E-state index is 12.7. The lowest BCUT2D eigenvalue weighted by atomic mass is 9.97. The second kappa shape index (κ2) is 5.58. The van der Waals surface area contributed by atoms with Crippen molar-refractivity contribution in [3.63, 3.8) is 0 Å². The standard InChI is InChI=1S/C20H22N2O/c1-14-10-8-9-13-16(14)18-17(15-11-6-5-7-12-15)19(23)21-22(18)20(2,3)4/h5-13H,1-4H3,(H,21,23). The van der Waals surface area contributed by atoms with Crippen LogP contribution in [0, 0.1) is 6.92 Å². The number of nitrogens with one attached hydrogen (secondary N) is 1. The van der Waals surface area contributed by atoms with Gasteiger partial charge < -0.3 is 0 Å². The van der Waals surface area contributed by atoms with Gasteiger partial charge >= 0.3 is 0 Å². The fourth-order valence-electron chi connectivity index (χ4n) is 2.90. The number of nitrogens with zero attached hydrogens (tertiary/aromatic N) is 1. The highest BCUT2D eigenvalue weighted by Crippen LogP contribution is 2.34. The van der Waals surface area contributed by atoms with Crippen molar-refractivity contribution in [2.24, 2.45) is 0 Å². The zero-order chi connectivity index (χ0) is 16.6. The van der Waals surface area contributed by atoms with Crippen LogP contribution < -0.4 is 5.56 Å². The highest BCUT2D eigenvalue weighted by atomic mass is 16.1. The first kappa shape index (κ1) is 15.3. The minimum Gasteiger partial charge on any atom is -0.279 e. The van der Waals surface area contributed by atoms with Gasteiger partial charge in [-0.2, -0.15) is 0 Å². The van der Waals surface area contributed by atoms with E-state index in [9.17, 15) is 4.79 Å². The summed E-state index contributed by atoms with van der Waals surface area (Å²) in [6.45, 7) is 8.37. The molecule has 118 valence electrons. The number of hydrogen-bond donors (Lipinski definition) is 1. The number of hydrogen-bond acceptors (Lipinski definition) is 1. The van der Waals surface area contributed by atoms with Crippen molar-refractivity contribution in [3.8, 4) is 22.4 Å². The Kier molecular flexibility index (Phi) is 3.72. The SMILES string of the molecule is Cc1ccccc1-c1c(-c2ccccc2)c(=O)[nH]n1C(C)(C)C. The van der Waals surface area contributed by atoms with E-state index in [-0.39, 0.29) is 11.1 Å². The maximum Gasteiger partial charge on any atom is 0.272 e. The topological polar surface area (TPSA) is 37.8 Å². The van der Waals surface area contributed by atoms with Gasteiger partial charge in [0.25, 0.3) is 5.56 Å². The van der Waals surface area contributed by atoms with Crippen molar-refractivity contribution in [2.45, 2.75) is 33.2 Å². The average Bonchev–Trinajstić information content (AvgIpc) is 2.86. The van der Waals surface area contributed by atoms with Crippen molar-refractivity contribution < 1.29 is 0 Å². The van der Waals surface area contributed by atoms with Crippen molar-refractivity contribution in [3.05, 3.63) is 70.5 Å². The van der Waals surface area contributed by atoms with Gasteiger partial charge in [-0.1, -0.05) is 54.6 Å². The molecule has 0 spiro atoms. The Balaban J connectivity index is 2.40. The molecule has 0 aliphatic carbocycles. The third-order valence-electron chi connectivity index (χ3n) is 4.03. The minimum absolute atomic E-state index is 0.0515. The molecule has 0 saturated heterocycles. The predicted molar refractivity (Wildman–Crippen MR) is 95.7 cm³/mol. The van der Waals surface area contributed by atoms with Crippen molar-refractivity contribution in [1.82, 2.24) is 9.78 Å². The first-order valence-corrected chi connectivity index (χ1v) is 7.86. The first-order chi connectivity index (χ1) is 10.9. The summed E-state index contributed by atoms with van der Waals surface area (Å²) < 4.78 is 1.99. The van der Waals surface area contributed by atoms with Gasteiger partial charge in [0.15, 0.2) is 0 Å². The van der Waals surface area contributed by atoms with Crippen molar-refractivity contribution >= 4 is 0 Å². The van der Waals surface area contributed by atoms with Crippen LogP contribution in [-0.4, -0.2) is 9.78 Å². The summed E-state index contributed by atoms with van der Waals surface area (Å²) >= 11 is 0. The number of aromatic nitrogens is 2. The van der Waals surface area contributed by atoms with Crippen LogP contribution in [0.4, 0.5) is 0 Å². The summed E-state index contributed by atoms with van der Waals surface area (Å²) in [4.78, 5) is 12.7. The second-order valence-corrected chi connectivity index (χ2v) is 6.85. The second-order valence-electron chi connectivity index (χ2n) is 6.85. The highest BCUT2D eigenvalue weighted by Gasteiger charge is 2.25. The van der Waals surface area contributed by atoms with Gasteiger partial charge in [-0.25, -0.2) is 0 Å². The van der Waals surface area contributed by atoms with Crippen LogP contribution in [0.3, 0.4) is 0 Å². The molecule has 0 aliphatic rings. The summed E-state index contributed by atoms with van der Waals surface area (Å²) in [6, 6.07) is 18.1. The molecule has 3 rings (SSSR count). The Morgan fingerprint density at radius 3 is 2.13 bits per heavy atom. The maximum atomic E-state index is 12.7. The van der Waals surface area contributed by atoms with E-state index >= 15 is 0 Å². The molecule has 3 heteroatoms. The zero-order valence-electron chi connectivity index (χ0n) is 14.1. The summed E-state index contributed by atoms with van der Waals surface area (Å²) in [6.07, 6.45) is 0. The summed E-state index contributed by atoms with van der Waals surface area (Å²) in [7, 11) is 0. The molecule has 0 saturated carbocycles. The van der Waals surface area contributed by atoms with Crippen LogP contribution >= 0.6 is 0 Å². The third kappa shape index (κ3) is 2.74. The Bertz CT molecular complexity index is 880. The van der Waals surface area contributed by atoms with E-state index in [2.05, 4.69) is 44.9 Å². The number of aromatic amines is 1. The van der Waals surface area contributed by atoms with Gasteiger partial charge in [0.05, 0.1) is 16.8 Å². The molecule has 1 N–H and O–H groups in total. The third-order valence-corrected chi connectivity index (χ3v) is 4.03. The van der Waals surface area contributed by atoms with E-state index in [1.54, 1.807) is 0 Å². The number of rotatable bonds is 2. The monoisotopic (exact) mass is 306 g/mol. The van der Waals surface area contributed by atoms with E-state index in [0.717, 1.165) is 27.9 Å². The molecule has 0 unspecified atom stereocenters. The Morgan fingerprint density at radius 1 is 0.913 bits per heavy atom. The van der Waals surface area contributed by atoms with Crippen LogP contribution in [0.15, 0.2) is 59.4 Å². The molecular formula is C20H22N2O. The van der Waals surface area contributed by atoms with Crippen molar-refractivity contribution in [2.75, 3.05) is 0 Å². The lowest BCUT2D eigenvalue weighted by Gasteiger charge is -2.24. The highest BCUT2D eigenvalue weighted by molar-refractivity contribution is 5.82. The molecule has 0 atom stereocenters. The van der Waals surface area contributed by atoms with E-state index < -0.39 is 0 Å². The molecular weight excluding hydrogens is 284 g/mol. The van der Waals surface area contributed by atoms with Gasteiger partial charge in [-0.05, 0) is 38.8 Å². The van der Waals surface area contributed by atoms with Crippen LogP contribution in [0.25, 0.3) is 22.4 Å². The van der Waals surface area contributed by atoms with E-state index in [1.807, 2.05) is 47.1 Å². The van der Waals surface area contributed by atoms with E-state index in [1.165, 1.54) is 0 Å². The van der Waals surface area contributed by atoms with Gasteiger partial charge in [-0.15, -0.1) is 0 Å². The number of H-pyrrole nitrogens is 1. The predicted octanol–water partition coefficient (Wildman–Crippen LogP) is 4.57. The lowest BCUT2D eigenvalue weighted by molar-refractivity contribution is 0.358. The molecule has 3 aromatic rings. The average molecular weight is 306 g/mol. The normalized spacial score (nSPS) is 11.7. The van der Waals surface area contributed by atoms with Crippen LogP contribution in [0.2, 0.25) is 0 Å². The molecule has 0 aliphatic heterocycles. The molecule has 2 aromatic carbocycles. The van der Waals surface area contributed by atoms with Gasteiger partial charge in [0.2, 0.25) is 0 Å². The van der Waals surface area contributed by atoms with Gasteiger partial charge in [0, 0.05) is 5.56 Å². The minimum atomic E-state index is -0.218. The zero-order valence-corrected chi connectivity index (χ0v) is 14.1. The largest absolute Gasteiger partial charge is 0.279 e. The van der Waals surface area contributed by atoms with Crippen LogP contribution in [0.5, 0.6) is 0 Å². The fourth-order valence-corrected chi connectivity index (χ4v) is 2.90. The number of benzene rings is 2. The molecule has 1 heterocycles. The van der Waals surface area contributed by atoms with Crippen LogP contribution in [0.1, 0.15) is 26.3 Å². The van der Waals surface area contributed by atoms with Crippen molar-refractivity contribution in [1.29, 1.82) is 0 Å². The molecule has 0 fully saturated rings. The smallest absolute Gasteiger partial charge is 0.272 e. The molecule has 0 bridgehead atoms. The van der Waals surface area contributed by atoms with Gasteiger partial charge in [-0.3, -0.25) is 14.6 Å². The Morgan fingerprint density at radius 2 is 1.52 bits per heavy atom. The molecule has 0 amide bonds. The van der Waals surface area contributed by atoms with E-state index in [0.29, 0.717) is 0 Å². The first-order valence-electron chi connectivity index (χ1n) is 7.86. The summed E-state index contributed by atoms with van der Waals surface area (Å²) in [5.74, 6) is 0. The molecule has 3 nitrogen and oxygen atoms in total. The van der Waals surface area contributed by atoms with E-state index in [4.69, 9.17) is 0 Å². The fraction of sp³-hybridized carbons (Fsp3) is 0.250. The Hall–Kier alpha value is -2.55. The Labute approximate surface area is 136 Å². The van der Waals surface area contributed by atoms with Crippen LogP contribution in [-0.2, 0) is 5.54 Å². The molecule has 1 aromatic heterocycles. The summed E-state index contributed by atoms with van der Waals surface area (Å²) in [5, 5.41) is 3.04. The quantitative estimate of drug-likeness (QED) is 0.739. The number of aryl methyl sites for hydroxylation is 1. The molecule has 23 heavy (non-hydrogen) atoms. The summed E-state index contributed by atoms with van der Waals surface area (Å²) in [5.41, 5.74) is 4.59. The van der Waals surface area contributed by atoms with Gasteiger partial charge in [0.1, 0.15) is 0 Å². The lowest BCUT2D eigenvalue weighted by Crippen LogP contribution is -2.25.